The van der Waals surface area contributed by atoms with Crippen LogP contribution in [0.4, 0.5) is 6.01 Å². The third-order valence-electron chi connectivity index (χ3n) is 4.65. The van der Waals surface area contributed by atoms with E-state index in [1.54, 1.807) is 6.07 Å². The second-order valence-corrected chi connectivity index (χ2v) is 6.58. The van der Waals surface area contributed by atoms with Gasteiger partial charge >= 0.3 is 6.01 Å². The first-order chi connectivity index (χ1) is 13.1. The standard InChI is InChI=1S/C22H19N3O2/c1-14-10-11-16(12-15(14)2)13-20-24-25-22(27-20)23-21(26)19-9-5-7-17-6-3-4-8-18(17)19/h3-12H,13H2,1-2H3,(H,23,25,26). The Morgan fingerprint density at radius 2 is 1.78 bits per heavy atom. The van der Waals surface area contributed by atoms with Gasteiger partial charge in [0.2, 0.25) is 5.89 Å². The number of anilines is 1. The van der Waals surface area contributed by atoms with Gasteiger partial charge in [-0.25, -0.2) is 0 Å². The lowest BCUT2D eigenvalue weighted by Gasteiger charge is -2.05. The summed E-state index contributed by atoms with van der Waals surface area (Å²) < 4.78 is 5.61. The topological polar surface area (TPSA) is 68.0 Å². The number of fused-ring (bicyclic) bond motifs is 1. The SMILES string of the molecule is Cc1ccc(Cc2nnc(NC(=O)c3cccc4ccccc34)o2)cc1C. The van der Waals surface area contributed by atoms with Gasteiger partial charge in [-0.05, 0) is 47.4 Å². The van der Waals surface area contributed by atoms with E-state index in [1.807, 2.05) is 42.5 Å². The monoisotopic (exact) mass is 357 g/mol. The molecule has 0 aliphatic rings. The zero-order valence-corrected chi connectivity index (χ0v) is 15.2. The highest BCUT2D eigenvalue weighted by Gasteiger charge is 2.14. The van der Waals surface area contributed by atoms with Crippen LogP contribution in [0.15, 0.2) is 65.1 Å². The van der Waals surface area contributed by atoms with Gasteiger partial charge in [0.25, 0.3) is 5.91 Å². The summed E-state index contributed by atoms with van der Waals surface area (Å²) in [6.45, 7) is 4.15. The van der Waals surface area contributed by atoms with Crippen molar-refractivity contribution in [3.05, 3.63) is 88.8 Å². The number of hydrogen-bond donors (Lipinski definition) is 1. The van der Waals surface area contributed by atoms with Crippen molar-refractivity contribution in [2.24, 2.45) is 0 Å². The van der Waals surface area contributed by atoms with Crippen molar-refractivity contribution in [1.82, 2.24) is 10.2 Å². The van der Waals surface area contributed by atoms with Crippen LogP contribution in [0.5, 0.6) is 0 Å². The first kappa shape index (κ1) is 17.0. The fraction of sp³-hybridized carbons (Fsp3) is 0.136. The molecule has 1 N–H and O–H groups in total. The minimum Gasteiger partial charge on any atom is -0.407 e. The van der Waals surface area contributed by atoms with Gasteiger partial charge in [-0.2, -0.15) is 0 Å². The lowest BCUT2D eigenvalue weighted by Crippen LogP contribution is -2.12. The van der Waals surface area contributed by atoms with Gasteiger partial charge in [0.1, 0.15) is 0 Å². The van der Waals surface area contributed by atoms with E-state index < -0.39 is 0 Å². The van der Waals surface area contributed by atoms with Gasteiger partial charge in [-0.15, -0.1) is 5.10 Å². The third kappa shape index (κ3) is 3.58. The highest BCUT2D eigenvalue weighted by molar-refractivity contribution is 6.12. The van der Waals surface area contributed by atoms with Gasteiger partial charge in [0.15, 0.2) is 0 Å². The molecule has 0 fully saturated rings. The average Bonchev–Trinajstić information content (AvgIpc) is 3.11. The second-order valence-electron chi connectivity index (χ2n) is 6.58. The molecule has 3 aromatic carbocycles. The highest BCUT2D eigenvalue weighted by atomic mass is 16.4. The maximum Gasteiger partial charge on any atom is 0.322 e. The first-order valence-electron chi connectivity index (χ1n) is 8.78. The fourth-order valence-electron chi connectivity index (χ4n) is 3.05. The maximum absolute atomic E-state index is 12.6. The number of benzene rings is 3. The molecule has 1 aromatic heterocycles. The van der Waals surface area contributed by atoms with Crippen LogP contribution in [0.2, 0.25) is 0 Å². The Labute approximate surface area is 157 Å². The molecule has 0 radical (unpaired) electrons. The Morgan fingerprint density at radius 3 is 2.63 bits per heavy atom. The summed E-state index contributed by atoms with van der Waals surface area (Å²) in [7, 11) is 0. The van der Waals surface area contributed by atoms with Crippen molar-refractivity contribution < 1.29 is 9.21 Å². The van der Waals surface area contributed by atoms with Gasteiger partial charge in [-0.3, -0.25) is 10.1 Å². The van der Waals surface area contributed by atoms with Gasteiger partial charge in [-0.1, -0.05) is 59.7 Å². The number of amides is 1. The van der Waals surface area contributed by atoms with Gasteiger partial charge < -0.3 is 4.42 Å². The number of carbonyl (C=O) groups is 1. The smallest absolute Gasteiger partial charge is 0.322 e. The normalized spacial score (nSPS) is 10.9. The summed E-state index contributed by atoms with van der Waals surface area (Å²) in [5.74, 6) is 0.194. The van der Waals surface area contributed by atoms with E-state index in [9.17, 15) is 4.79 Å². The predicted octanol–water partition coefficient (Wildman–Crippen LogP) is 4.68. The molecule has 0 bridgehead atoms. The van der Waals surface area contributed by atoms with Gasteiger partial charge in [0, 0.05) is 5.56 Å². The molecule has 0 unspecified atom stereocenters. The number of aryl methyl sites for hydroxylation is 2. The van der Waals surface area contributed by atoms with Crippen LogP contribution in [0, 0.1) is 13.8 Å². The molecule has 134 valence electrons. The highest BCUT2D eigenvalue weighted by Crippen LogP contribution is 2.20. The lowest BCUT2D eigenvalue weighted by atomic mass is 10.0. The van der Waals surface area contributed by atoms with E-state index in [2.05, 4.69) is 41.5 Å². The van der Waals surface area contributed by atoms with Crippen LogP contribution in [-0.4, -0.2) is 16.1 Å². The maximum atomic E-state index is 12.6. The summed E-state index contributed by atoms with van der Waals surface area (Å²) in [6, 6.07) is 19.7. The van der Waals surface area contributed by atoms with Crippen LogP contribution < -0.4 is 5.32 Å². The largest absolute Gasteiger partial charge is 0.407 e. The number of nitrogens with one attached hydrogen (secondary N) is 1. The molecule has 1 heterocycles. The van der Waals surface area contributed by atoms with E-state index in [0.29, 0.717) is 17.9 Å². The van der Waals surface area contributed by atoms with Crippen molar-refractivity contribution in [2.45, 2.75) is 20.3 Å². The lowest BCUT2D eigenvalue weighted by molar-refractivity contribution is 0.102. The molecule has 0 spiro atoms. The van der Waals surface area contributed by atoms with E-state index in [-0.39, 0.29) is 11.9 Å². The Kier molecular flexibility index (Phi) is 4.42. The number of nitrogens with zero attached hydrogens (tertiary/aromatic N) is 2. The number of carbonyl (C=O) groups excluding carboxylic acids is 1. The Balaban J connectivity index is 1.52. The van der Waals surface area contributed by atoms with Crippen molar-refractivity contribution in [1.29, 1.82) is 0 Å². The minimum absolute atomic E-state index is 0.103. The van der Waals surface area contributed by atoms with E-state index in [4.69, 9.17) is 4.42 Å². The van der Waals surface area contributed by atoms with Crippen molar-refractivity contribution in [2.75, 3.05) is 5.32 Å². The summed E-state index contributed by atoms with van der Waals surface area (Å²) in [6.07, 6.45) is 0.526. The Hall–Kier alpha value is -3.47. The number of aromatic nitrogens is 2. The van der Waals surface area contributed by atoms with E-state index >= 15 is 0 Å². The van der Waals surface area contributed by atoms with E-state index in [0.717, 1.165) is 16.3 Å². The van der Waals surface area contributed by atoms with Crippen molar-refractivity contribution in [3.63, 3.8) is 0 Å². The first-order valence-corrected chi connectivity index (χ1v) is 8.78. The third-order valence-corrected chi connectivity index (χ3v) is 4.65. The molecule has 27 heavy (non-hydrogen) atoms. The second kappa shape index (κ2) is 7.03. The number of hydrogen-bond acceptors (Lipinski definition) is 4. The summed E-state index contributed by atoms with van der Waals surface area (Å²) in [4.78, 5) is 12.6. The zero-order valence-electron chi connectivity index (χ0n) is 15.2. The van der Waals surface area contributed by atoms with Crippen LogP contribution in [0.3, 0.4) is 0 Å². The molecule has 0 aliphatic carbocycles. The average molecular weight is 357 g/mol. The Morgan fingerprint density at radius 1 is 0.963 bits per heavy atom. The molecule has 0 saturated carbocycles. The van der Waals surface area contributed by atoms with Crippen LogP contribution in [0.25, 0.3) is 10.8 Å². The quantitative estimate of drug-likeness (QED) is 0.576. The minimum atomic E-state index is -0.270. The molecule has 5 heteroatoms. The number of rotatable bonds is 4. The van der Waals surface area contributed by atoms with Gasteiger partial charge in [0.05, 0.1) is 6.42 Å². The molecule has 1 amide bonds. The van der Waals surface area contributed by atoms with Crippen LogP contribution >= 0.6 is 0 Å². The van der Waals surface area contributed by atoms with Crippen molar-refractivity contribution >= 4 is 22.7 Å². The Bertz CT molecular complexity index is 1130. The predicted molar refractivity (Wildman–Crippen MR) is 105 cm³/mol. The molecule has 0 saturated heterocycles. The van der Waals surface area contributed by atoms with Crippen LogP contribution in [-0.2, 0) is 6.42 Å². The van der Waals surface area contributed by atoms with Crippen LogP contribution in [0.1, 0.15) is 32.9 Å². The van der Waals surface area contributed by atoms with E-state index in [1.165, 1.54) is 11.1 Å². The van der Waals surface area contributed by atoms with Crippen molar-refractivity contribution in [3.8, 4) is 0 Å². The molecular formula is C22H19N3O2. The molecule has 0 aliphatic heterocycles. The summed E-state index contributed by atoms with van der Waals surface area (Å²) >= 11 is 0. The zero-order chi connectivity index (χ0) is 18.8. The summed E-state index contributed by atoms with van der Waals surface area (Å²) in [5.41, 5.74) is 4.12. The summed E-state index contributed by atoms with van der Waals surface area (Å²) in [5, 5.41) is 12.6. The molecule has 5 nitrogen and oxygen atoms in total. The molecule has 4 rings (SSSR count). The molecule has 0 atom stereocenters. The molecule has 4 aromatic rings. The fourth-order valence-corrected chi connectivity index (χ4v) is 3.05. The molecular weight excluding hydrogens is 338 g/mol.